The fraction of sp³-hybridized carbons (Fsp3) is 0.733. The standard InChI is InChI=1S/C15H22N2OS/c1-15(2)6-3-8-17(9-7-15)14-16-13(11-4-5-11)12(10-18)19-14/h10-11H,3-9H2,1-2H3. The van der Waals surface area contributed by atoms with Gasteiger partial charge in [0.25, 0.3) is 0 Å². The van der Waals surface area contributed by atoms with Crippen LogP contribution in [0, 0.1) is 5.41 Å². The molecule has 1 aliphatic carbocycles. The van der Waals surface area contributed by atoms with Gasteiger partial charge in [0, 0.05) is 19.0 Å². The summed E-state index contributed by atoms with van der Waals surface area (Å²) in [5, 5.41) is 1.07. The molecule has 2 heterocycles. The van der Waals surface area contributed by atoms with Crippen LogP contribution in [-0.2, 0) is 0 Å². The summed E-state index contributed by atoms with van der Waals surface area (Å²) in [7, 11) is 0. The van der Waals surface area contributed by atoms with E-state index in [9.17, 15) is 4.79 Å². The molecule has 1 saturated carbocycles. The van der Waals surface area contributed by atoms with Gasteiger partial charge in [-0.15, -0.1) is 0 Å². The zero-order chi connectivity index (χ0) is 13.5. The van der Waals surface area contributed by atoms with Gasteiger partial charge in [0.15, 0.2) is 11.4 Å². The lowest BCUT2D eigenvalue weighted by Gasteiger charge is -2.22. The molecule has 0 atom stereocenters. The minimum Gasteiger partial charge on any atom is -0.348 e. The average molecular weight is 278 g/mol. The number of carbonyl (C=O) groups excluding carboxylic acids is 1. The molecule has 0 unspecified atom stereocenters. The Morgan fingerprint density at radius 1 is 1.32 bits per heavy atom. The number of nitrogens with zero attached hydrogens (tertiary/aromatic N) is 2. The molecule has 2 aliphatic rings. The Bertz CT molecular complexity index is 476. The number of carbonyl (C=O) groups is 1. The third-order valence-electron chi connectivity index (χ3n) is 4.35. The molecular weight excluding hydrogens is 256 g/mol. The van der Waals surface area contributed by atoms with E-state index >= 15 is 0 Å². The van der Waals surface area contributed by atoms with E-state index in [2.05, 4.69) is 18.7 Å². The lowest BCUT2D eigenvalue weighted by atomic mass is 9.85. The van der Waals surface area contributed by atoms with E-state index < -0.39 is 0 Å². The highest BCUT2D eigenvalue weighted by Gasteiger charge is 2.31. The number of aromatic nitrogens is 1. The Morgan fingerprint density at radius 2 is 2.11 bits per heavy atom. The van der Waals surface area contributed by atoms with Crippen LogP contribution >= 0.6 is 11.3 Å². The van der Waals surface area contributed by atoms with Crippen LogP contribution in [-0.4, -0.2) is 24.4 Å². The van der Waals surface area contributed by atoms with Crippen LogP contribution < -0.4 is 4.90 Å². The smallest absolute Gasteiger partial charge is 0.186 e. The van der Waals surface area contributed by atoms with Crippen molar-refractivity contribution in [2.75, 3.05) is 18.0 Å². The molecule has 0 N–H and O–H groups in total. The number of thiazole rings is 1. The van der Waals surface area contributed by atoms with Gasteiger partial charge < -0.3 is 4.90 Å². The van der Waals surface area contributed by atoms with Crippen LogP contribution in [0.1, 0.15) is 67.2 Å². The van der Waals surface area contributed by atoms with Gasteiger partial charge in [-0.1, -0.05) is 25.2 Å². The van der Waals surface area contributed by atoms with Crippen molar-refractivity contribution in [1.82, 2.24) is 4.98 Å². The Balaban J connectivity index is 1.79. The first-order valence-electron chi connectivity index (χ1n) is 7.30. The zero-order valence-corrected chi connectivity index (χ0v) is 12.6. The van der Waals surface area contributed by atoms with Crippen LogP contribution in [0.3, 0.4) is 0 Å². The predicted molar refractivity (Wildman–Crippen MR) is 79.3 cm³/mol. The monoisotopic (exact) mass is 278 g/mol. The van der Waals surface area contributed by atoms with Crippen molar-refractivity contribution in [2.24, 2.45) is 5.41 Å². The number of anilines is 1. The molecule has 1 aromatic rings. The molecule has 4 heteroatoms. The molecule has 3 nitrogen and oxygen atoms in total. The summed E-state index contributed by atoms with van der Waals surface area (Å²) >= 11 is 1.59. The molecular formula is C15H22N2OS. The van der Waals surface area contributed by atoms with Gasteiger partial charge in [-0.2, -0.15) is 0 Å². The highest BCUT2D eigenvalue weighted by molar-refractivity contribution is 7.17. The lowest BCUT2D eigenvalue weighted by molar-refractivity contribution is 0.112. The van der Waals surface area contributed by atoms with Gasteiger partial charge >= 0.3 is 0 Å². The van der Waals surface area contributed by atoms with E-state index in [4.69, 9.17) is 4.98 Å². The summed E-state index contributed by atoms with van der Waals surface area (Å²) in [5.74, 6) is 0.564. The largest absolute Gasteiger partial charge is 0.348 e. The molecule has 19 heavy (non-hydrogen) atoms. The first-order valence-corrected chi connectivity index (χ1v) is 8.11. The molecule has 0 aromatic carbocycles. The minimum absolute atomic E-state index is 0.443. The van der Waals surface area contributed by atoms with Crippen molar-refractivity contribution in [3.8, 4) is 0 Å². The summed E-state index contributed by atoms with van der Waals surface area (Å²) in [4.78, 5) is 19.2. The van der Waals surface area contributed by atoms with Crippen molar-refractivity contribution in [2.45, 2.75) is 51.9 Å². The summed E-state index contributed by atoms with van der Waals surface area (Å²) < 4.78 is 0. The quantitative estimate of drug-likeness (QED) is 0.787. The Hall–Kier alpha value is -0.900. The highest BCUT2D eigenvalue weighted by Crippen LogP contribution is 2.44. The fourth-order valence-electron chi connectivity index (χ4n) is 2.81. The number of rotatable bonds is 3. The summed E-state index contributed by atoms with van der Waals surface area (Å²) in [6.45, 7) is 6.86. The highest BCUT2D eigenvalue weighted by atomic mass is 32.1. The van der Waals surface area contributed by atoms with Gasteiger partial charge in [-0.3, -0.25) is 4.79 Å². The lowest BCUT2D eigenvalue weighted by Crippen LogP contribution is -2.24. The molecule has 2 fully saturated rings. The molecule has 3 rings (SSSR count). The van der Waals surface area contributed by atoms with Gasteiger partial charge in [0.1, 0.15) is 0 Å². The van der Waals surface area contributed by atoms with Gasteiger partial charge in [-0.05, 0) is 37.5 Å². The number of hydrogen-bond donors (Lipinski definition) is 0. The van der Waals surface area contributed by atoms with E-state index in [1.165, 1.54) is 32.1 Å². The Labute approximate surface area is 119 Å². The average Bonchev–Trinajstić information content (AvgIpc) is 3.15. The zero-order valence-electron chi connectivity index (χ0n) is 11.8. The Kier molecular flexibility index (Phi) is 3.37. The fourth-order valence-corrected chi connectivity index (χ4v) is 3.83. The van der Waals surface area contributed by atoms with Gasteiger partial charge in [-0.25, -0.2) is 4.98 Å². The first-order chi connectivity index (χ1) is 9.09. The molecule has 0 spiro atoms. The molecule has 1 aliphatic heterocycles. The van der Waals surface area contributed by atoms with Crippen molar-refractivity contribution in [3.05, 3.63) is 10.6 Å². The second-order valence-corrected chi connectivity index (χ2v) is 7.65. The molecule has 0 radical (unpaired) electrons. The maximum Gasteiger partial charge on any atom is 0.186 e. The van der Waals surface area contributed by atoms with E-state index in [1.54, 1.807) is 11.3 Å². The van der Waals surface area contributed by atoms with E-state index in [0.717, 1.165) is 35.1 Å². The minimum atomic E-state index is 0.443. The first kappa shape index (κ1) is 13.1. The molecule has 0 bridgehead atoms. The molecule has 1 saturated heterocycles. The van der Waals surface area contributed by atoms with Crippen LogP contribution in [0.2, 0.25) is 0 Å². The number of hydrogen-bond acceptors (Lipinski definition) is 4. The SMILES string of the molecule is CC1(C)CCCN(c2nc(C3CC3)c(C=O)s2)CC1. The van der Waals surface area contributed by atoms with Crippen LogP contribution in [0.25, 0.3) is 0 Å². The van der Waals surface area contributed by atoms with Crippen LogP contribution in [0.5, 0.6) is 0 Å². The Morgan fingerprint density at radius 3 is 2.79 bits per heavy atom. The van der Waals surface area contributed by atoms with Gasteiger partial charge in [0.05, 0.1) is 10.6 Å². The normalized spacial score (nSPS) is 23.2. The van der Waals surface area contributed by atoms with Crippen LogP contribution in [0.15, 0.2) is 0 Å². The van der Waals surface area contributed by atoms with E-state index in [1.807, 2.05) is 0 Å². The van der Waals surface area contributed by atoms with Gasteiger partial charge in [0.2, 0.25) is 0 Å². The third-order valence-corrected chi connectivity index (χ3v) is 5.41. The summed E-state index contributed by atoms with van der Waals surface area (Å²) in [6.07, 6.45) is 7.12. The van der Waals surface area contributed by atoms with E-state index in [0.29, 0.717) is 11.3 Å². The van der Waals surface area contributed by atoms with Crippen molar-refractivity contribution >= 4 is 22.8 Å². The second-order valence-electron chi connectivity index (χ2n) is 6.64. The predicted octanol–water partition coefficient (Wildman–Crippen LogP) is 3.85. The maximum atomic E-state index is 11.2. The second kappa shape index (κ2) is 4.89. The number of aldehydes is 1. The van der Waals surface area contributed by atoms with Crippen molar-refractivity contribution < 1.29 is 4.79 Å². The maximum absolute atomic E-state index is 11.2. The van der Waals surface area contributed by atoms with Crippen molar-refractivity contribution in [1.29, 1.82) is 0 Å². The summed E-state index contributed by atoms with van der Waals surface area (Å²) in [6, 6.07) is 0. The third kappa shape index (κ3) is 2.83. The molecule has 1 aromatic heterocycles. The molecule has 104 valence electrons. The topological polar surface area (TPSA) is 33.2 Å². The molecule has 0 amide bonds. The summed E-state index contributed by atoms with van der Waals surface area (Å²) in [5.41, 5.74) is 1.51. The van der Waals surface area contributed by atoms with E-state index in [-0.39, 0.29) is 0 Å². The van der Waals surface area contributed by atoms with Crippen LogP contribution in [0.4, 0.5) is 5.13 Å². The van der Waals surface area contributed by atoms with Crippen molar-refractivity contribution in [3.63, 3.8) is 0 Å².